The zero-order valence-corrected chi connectivity index (χ0v) is 16.2. The quantitative estimate of drug-likeness (QED) is 0.368. The molecule has 2 aromatic carbocycles. The van der Waals surface area contributed by atoms with E-state index >= 15 is 0 Å². The van der Waals surface area contributed by atoms with Gasteiger partial charge in [0.2, 0.25) is 5.78 Å². The lowest BCUT2D eigenvalue weighted by molar-refractivity contribution is 0.0701. The number of hydrogen-bond acceptors (Lipinski definition) is 5. The molecule has 2 heterocycles. The van der Waals surface area contributed by atoms with E-state index in [9.17, 15) is 4.79 Å². The van der Waals surface area contributed by atoms with Crippen LogP contribution in [0.1, 0.15) is 16.1 Å². The number of morpholine rings is 1. The number of methoxy groups -OCH3 is 1. The Morgan fingerprint density at radius 3 is 2.52 bits per heavy atom. The molecule has 1 saturated heterocycles. The van der Waals surface area contributed by atoms with Gasteiger partial charge in [0.1, 0.15) is 17.8 Å². The normalized spacial score (nSPS) is 14.3. The average molecular weight is 390 g/mol. The van der Waals surface area contributed by atoms with Crippen molar-refractivity contribution in [1.82, 2.24) is 14.5 Å². The predicted molar refractivity (Wildman–Crippen MR) is 111 cm³/mol. The van der Waals surface area contributed by atoms with Crippen LogP contribution in [0.2, 0.25) is 0 Å². The number of carbonyl (C=O) groups excluding carboxylic acids is 1. The molecule has 1 aliphatic rings. The van der Waals surface area contributed by atoms with Crippen molar-refractivity contribution >= 4 is 17.9 Å². The summed E-state index contributed by atoms with van der Waals surface area (Å²) in [6.07, 6.45) is 3.37. The van der Waals surface area contributed by atoms with E-state index in [4.69, 9.17) is 9.47 Å². The van der Waals surface area contributed by atoms with Crippen molar-refractivity contribution in [3.8, 4) is 11.4 Å². The number of hydrogen-bond donors (Lipinski definition) is 0. The summed E-state index contributed by atoms with van der Waals surface area (Å²) < 4.78 is 12.4. The Morgan fingerprint density at radius 1 is 1.10 bits per heavy atom. The maximum absolute atomic E-state index is 13.3. The van der Waals surface area contributed by atoms with Crippen molar-refractivity contribution in [1.29, 1.82) is 0 Å². The first kappa shape index (κ1) is 18.9. The number of ether oxygens (including phenoxy) is 2. The molecule has 148 valence electrons. The molecule has 7 nitrogen and oxygen atoms in total. The summed E-state index contributed by atoms with van der Waals surface area (Å²) in [7, 11) is 1.62. The second-order valence-corrected chi connectivity index (χ2v) is 6.57. The number of carbonyl (C=O) groups is 1. The number of imidazole rings is 1. The largest absolute Gasteiger partial charge is 0.497 e. The highest BCUT2D eigenvalue weighted by molar-refractivity contribution is 6.11. The maximum Gasteiger partial charge on any atom is 0.213 e. The second kappa shape index (κ2) is 8.70. The van der Waals surface area contributed by atoms with Gasteiger partial charge in [-0.15, -0.1) is 0 Å². The van der Waals surface area contributed by atoms with E-state index in [1.54, 1.807) is 36.5 Å². The summed E-state index contributed by atoms with van der Waals surface area (Å²) in [4.78, 5) is 24.3. The Hall–Kier alpha value is -3.45. The van der Waals surface area contributed by atoms with E-state index in [1.165, 1.54) is 0 Å². The Morgan fingerprint density at radius 2 is 1.83 bits per heavy atom. The molecular formula is C22H22N4O3. The predicted octanol–water partition coefficient (Wildman–Crippen LogP) is 3.10. The zero-order chi connectivity index (χ0) is 20.1. The van der Waals surface area contributed by atoms with Crippen LogP contribution in [0.15, 0.2) is 65.9 Å². The van der Waals surface area contributed by atoms with Crippen LogP contribution in [0.3, 0.4) is 0 Å². The van der Waals surface area contributed by atoms with Gasteiger partial charge in [-0.3, -0.25) is 9.36 Å². The molecule has 29 heavy (non-hydrogen) atoms. The van der Waals surface area contributed by atoms with Crippen LogP contribution in [0.25, 0.3) is 5.69 Å². The molecule has 0 saturated carbocycles. The molecular weight excluding hydrogens is 368 g/mol. The van der Waals surface area contributed by atoms with Crippen molar-refractivity contribution in [2.24, 2.45) is 4.99 Å². The highest BCUT2D eigenvalue weighted by atomic mass is 16.5. The van der Waals surface area contributed by atoms with Gasteiger partial charge in [0, 0.05) is 24.3 Å². The summed E-state index contributed by atoms with van der Waals surface area (Å²) in [5.41, 5.74) is 1.82. The lowest BCUT2D eigenvalue weighted by atomic mass is 10.1. The first-order valence-electron chi connectivity index (χ1n) is 9.44. The van der Waals surface area contributed by atoms with E-state index in [2.05, 4.69) is 14.9 Å². The highest BCUT2D eigenvalue weighted by Gasteiger charge is 2.21. The SMILES string of the molecule is COc1ccc(-n2cnc(N=CN3CCOCC3)c2C(=O)c2ccccc2)cc1. The molecule has 1 fully saturated rings. The molecule has 0 N–H and O–H groups in total. The lowest BCUT2D eigenvalue weighted by Gasteiger charge is -2.23. The van der Waals surface area contributed by atoms with Gasteiger partial charge in [0.05, 0.1) is 26.7 Å². The molecule has 0 atom stereocenters. The van der Waals surface area contributed by atoms with Crippen LogP contribution < -0.4 is 4.74 Å². The van der Waals surface area contributed by atoms with E-state index in [0.717, 1.165) is 24.5 Å². The molecule has 0 unspecified atom stereocenters. The van der Waals surface area contributed by atoms with Crippen LogP contribution in [-0.4, -0.2) is 60.0 Å². The molecule has 0 amide bonds. The molecule has 4 rings (SSSR count). The maximum atomic E-state index is 13.3. The van der Waals surface area contributed by atoms with Crippen LogP contribution in [0, 0.1) is 0 Å². The molecule has 0 spiro atoms. The van der Waals surface area contributed by atoms with Crippen LogP contribution in [0.5, 0.6) is 5.75 Å². The van der Waals surface area contributed by atoms with Gasteiger partial charge >= 0.3 is 0 Å². The summed E-state index contributed by atoms with van der Waals surface area (Å²) >= 11 is 0. The van der Waals surface area contributed by atoms with Gasteiger partial charge in [-0.25, -0.2) is 9.98 Å². The average Bonchev–Trinajstić information content (AvgIpc) is 3.22. The summed E-state index contributed by atoms with van der Waals surface area (Å²) in [6.45, 7) is 2.87. The smallest absolute Gasteiger partial charge is 0.213 e. The minimum Gasteiger partial charge on any atom is -0.497 e. The molecule has 1 aromatic heterocycles. The topological polar surface area (TPSA) is 68.9 Å². The fraction of sp³-hybridized carbons (Fsp3) is 0.227. The van der Waals surface area contributed by atoms with Crippen molar-refractivity contribution in [2.75, 3.05) is 33.4 Å². The Bertz CT molecular complexity index is 991. The fourth-order valence-electron chi connectivity index (χ4n) is 3.14. The molecule has 0 bridgehead atoms. The number of nitrogens with zero attached hydrogens (tertiary/aromatic N) is 4. The van der Waals surface area contributed by atoms with Gasteiger partial charge < -0.3 is 14.4 Å². The summed E-state index contributed by atoms with van der Waals surface area (Å²) in [5, 5.41) is 0. The van der Waals surface area contributed by atoms with Crippen LogP contribution >= 0.6 is 0 Å². The van der Waals surface area contributed by atoms with E-state index < -0.39 is 0 Å². The van der Waals surface area contributed by atoms with Gasteiger partial charge in [-0.05, 0) is 24.3 Å². The number of benzene rings is 2. The van der Waals surface area contributed by atoms with Crippen molar-refractivity contribution in [3.05, 3.63) is 72.2 Å². The van der Waals surface area contributed by atoms with E-state index in [0.29, 0.717) is 30.3 Å². The van der Waals surface area contributed by atoms with Crippen molar-refractivity contribution in [3.63, 3.8) is 0 Å². The third kappa shape index (κ3) is 4.20. The van der Waals surface area contributed by atoms with Crippen molar-refractivity contribution in [2.45, 2.75) is 0 Å². The fourth-order valence-corrected chi connectivity index (χ4v) is 3.14. The van der Waals surface area contributed by atoms with Gasteiger partial charge in [0.25, 0.3) is 0 Å². The number of aromatic nitrogens is 2. The van der Waals surface area contributed by atoms with Gasteiger partial charge in [-0.1, -0.05) is 30.3 Å². The highest BCUT2D eigenvalue weighted by Crippen LogP contribution is 2.25. The van der Waals surface area contributed by atoms with E-state index in [1.807, 2.05) is 42.5 Å². The van der Waals surface area contributed by atoms with Crippen molar-refractivity contribution < 1.29 is 14.3 Å². The molecule has 3 aromatic rings. The van der Waals surface area contributed by atoms with E-state index in [-0.39, 0.29) is 5.78 Å². The lowest BCUT2D eigenvalue weighted by Crippen LogP contribution is -2.35. The second-order valence-electron chi connectivity index (χ2n) is 6.57. The molecule has 7 heteroatoms. The standard InChI is InChI=1S/C22H22N4O3/c1-28-19-9-7-18(8-10-19)26-16-24-22(23-15-25-11-13-29-14-12-25)20(26)21(27)17-5-3-2-4-6-17/h2-10,15-16H,11-14H2,1H3. The number of aliphatic imine (C=N–C) groups is 1. The van der Waals surface area contributed by atoms with Crippen LogP contribution in [0.4, 0.5) is 5.82 Å². The number of ketones is 1. The Kier molecular flexibility index (Phi) is 5.67. The molecule has 0 aliphatic carbocycles. The third-order valence-corrected chi connectivity index (χ3v) is 4.74. The summed E-state index contributed by atoms with van der Waals surface area (Å²) in [6, 6.07) is 16.6. The minimum atomic E-state index is -0.131. The minimum absolute atomic E-state index is 0.131. The summed E-state index contributed by atoms with van der Waals surface area (Å²) in [5.74, 6) is 1.00. The van der Waals surface area contributed by atoms with Gasteiger partial charge in [-0.2, -0.15) is 0 Å². The molecule has 1 aliphatic heterocycles. The number of rotatable bonds is 6. The Labute approximate surface area is 169 Å². The molecule has 0 radical (unpaired) electrons. The van der Waals surface area contributed by atoms with Gasteiger partial charge in [0.15, 0.2) is 5.82 Å². The van der Waals surface area contributed by atoms with Crippen LogP contribution in [-0.2, 0) is 4.74 Å². The first-order valence-corrected chi connectivity index (χ1v) is 9.44. The third-order valence-electron chi connectivity index (χ3n) is 4.74. The Balaban J connectivity index is 1.73. The first-order chi connectivity index (χ1) is 14.3. The monoisotopic (exact) mass is 390 g/mol. The zero-order valence-electron chi connectivity index (χ0n) is 16.2.